The fourth-order valence-electron chi connectivity index (χ4n) is 3.47. The van der Waals surface area contributed by atoms with Gasteiger partial charge in [-0.3, -0.25) is 4.79 Å². The second kappa shape index (κ2) is 9.56. The number of carbonyl (C=O) groups excluding carboxylic acids is 1. The number of rotatable bonds is 7. The summed E-state index contributed by atoms with van der Waals surface area (Å²) in [6.45, 7) is 5.40. The number of nitrogens with zero attached hydrogens (tertiary/aromatic N) is 2. The second-order valence-electron chi connectivity index (χ2n) is 7.98. The number of amides is 1. The molecule has 3 rings (SSSR count). The minimum absolute atomic E-state index is 0.00995. The van der Waals surface area contributed by atoms with E-state index in [0.717, 1.165) is 19.3 Å². The van der Waals surface area contributed by atoms with Crippen LogP contribution in [0.15, 0.2) is 34.1 Å². The molecule has 11 heteroatoms. The summed E-state index contributed by atoms with van der Waals surface area (Å²) in [5.74, 6) is 0.546. The lowest BCUT2D eigenvalue weighted by molar-refractivity contribution is -0.123. The third-order valence-corrected chi connectivity index (χ3v) is 10.2. The van der Waals surface area contributed by atoms with Crippen LogP contribution in [0, 0.1) is 5.92 Å². The van der Waals surface area contributed by atoms with E-state index in [1.165, 1.54) is 44.6 Å². The summed E-state index contributed by atoms with van der Waals surface area (Å²) in [6.07, 6.45) is 2.68. The van der Waals surface area contributed by atoms with Crippen LogP contribution in [0.1, 0.15) is 33.1 Å². The van der Waals surface area contributed by atoms with Crippen LogP contribution in [0.2, 0.25) is 0 Å². The standard InChI is InChI=1S/C19H29N3O5S3/c1-15(2)12-20-19(23)18-13-28-14-22(18)30(26,27)17-8-6-16(7-9-17)29(24,25)21-10-4-3-5-11-21/h6-9,15,18H,3-5,10-14H2,1-2H3,(H,20,23). The molecular formula is C19H29N3O5S3. The second-order valence-corrected chi connectivity index (χ2v) is 12.8. The third kappa shape index (κ3) is 5.01. The largest absolute Gasteiger partial charge is 0.354 e. The van der Waals surface area contributed by atoms with Crippen LogP contribution in [0.3, 0.4) is 0 Å². The van der Waals surface area contributed by atoms with E-state index in [1.807, 2.05) is 13.8 Å². The lowest BCUT2D eigenvalue weighted by Crippen LogP contribution is -2.47. The normalized spacial score (nSPS) is 21.8. The lowest BCUT2D eigenvalue weighted by Gasteiger charge is -2.26. The molecule has 0 spiro atoms. The Morgan fingerprint density at radius 2 is 1.60 bits per heavy atom. The zero-order valence-electron chi connectivity index (χ0n) is 17.3. The molecule has 1 aromatic rings. The maximum absolute atomic E-state index is 13.1. The summed E-state index contributed by atoms with van der Waals surface area (Å²) >= 11 is 1.38. The molecular weight excluding hydrogens is 446 g/mol. The van der Waals surface area contributed by atoms with E-state index in [1.54, 1.807) is 0 Å². The first-order valence-electron chi connectivity index (χ1n) is 10.1. The summed E-state index contributed by atoms with van der Waals surface area (Å²) in [5, 5.41) is 2.80. The van der Waals surface area contributed by atoms with Gasteiger partial charge in [0.2, 0.25) is 26.0 Å². The molecule has 2 heterocycles. The van der Waals surface area contributed by atoms with Gasteiger partial charge in [0, 0.05) is 25.4 Å². The van der Waals surface area contributed by atoms with E-state index in [2.05, 4.69) is 5.32 Å². The number of benzene rings is 1. The van der Waals surface area contributed by atoms with E-state index in [9.17, 15) is 21.6 Å². The van der Waals surface area contributed by atoms with Crippen molar-refractivity contribution in [3.63, 3.8) is 0 Å². The van der Waals surface area contributed by atoms with Gasteiger partial charge in [-0.1, -0.05) is 20.3 Å². The number of thioether (sulfide) groups is 1. The Bertz CT molecular complexity index is 956. The van der Waals surface area contributed by atoms with E-state index >= 15 is 0 Å². The number of piperidine rings is 1. The van der Waals surface area contributed by atoms with Gasteiger partial charge in [0.1, 0.15) is 6.04 Å². The molecule has 8 nitrogen and oxygen atoms in total. The molecule has 0 bridgehead atoms. The minimum Gasteiger partial charge on any atom is -0.354 e. The molecule has 0 saturated carbocycles. The molecule has 2 fully saturated rings. The van der Waals surface area contributed by atoms with Crippen LogP contribution in [-0.2, 0) is 24.8 Å². The summed E-state index contributed by atoms with van der Waals surface area (Å²) in [5.41, 5.74) is 0. The van der Waals surface area contributed by atoms with E-state index in [4.69, 9.17) is 0 Å². The number of hydrogen-bond donors (Lipinski definition) is 1. The molecule has 2 aliphatic heterocycles. The third-order valence-electron chi connectivity index (χ3n) is 5.21. The average Bonchev–Trinajstić information content (AvgIpc) is 3.23. The molecule has 1 N–H and O–H groups in total. The van der Waals surface area contributed by atoms with Crippen molar-refractivity contribution < 1.29 is 21.6 Å². The van der Waals surface area contributed by atoms with Crippen LogP contribution in [0.4, 0.5) is 0 Å². The van der Waals surface area contributed by atoms with Crippen LogP contribution >= 0.6 is 11.8 Å². The summed E-state index contributed by atoms with van der Waals surface area (Å²) in [7, 11) is -7.54. The fraction of sp³-hybridized carbons (Fsp3) is 0.632. The molecule has 1 amide bonds. The van der Waals surface area contributed by atoms with Crippen LogP contribution < -0.4 is 5.32 Å². The SMILES string of the molecule is CC(C)CNC(=O)C1CSCN1S(=O)(=O)c1ccc(S(=O)(=O)N2CCCCC2)cc1. The molecule has 2 saturated heterocycles. The van der Waals surface area contributed by atoms with Crippen molar-refractivity contribution in [1.82, 2.24) is 13.9 Å². The summed E-state index contributed by atoms with van der Waals surface area (Å²) < 4.78 is 54.5. The van der Waals surface area contributed by atoms with Gasteiger partial charge in [-0.2, -0.15) is 8.61 Å². The Labute approximate surface area is 183 Å². The highest BCUT2D eigenvalue weighted by Gasteiger charge is 2.40. The van der Waals surface area contributed by atoms with Gasteiger partial charge in [0.15, 0.2) is 0 Å². The van der Waals surface area contributed by atoms with E-state index in [0.29, 0.717) is 25.4 Å². The lowest BCUT2D eigenvalue weighted by atomic mass is 10.2. The van der Waals surface area contributed by atoms with Crippen molar-refractivity contribution in [1.29, 1.82) is 0 Å². The minimum atomic E-state index is -3.92. The fourth-order valence-corrected chi connectivity index (χ4v) is 8.13. The number of nitrogens with one attached hydrogen (secondary N) is 1. The topological polar surface area (TPSA) is 104 Å². The Kier molecular flexibility index (Phi) is 7.49. The molecule has 0 radical (unpaired) electrons. The smallest absolute Gasteiger partial charge is 0.244 e. The summed E-state index contributed by atoms with van der Waals surface area (Å²) in [6, 6.07) is 4.55. The van der Waals surface area contributed by atoms with Gasteiger partial charge in [-0.05, 0) is 43.0 Å². The average molecular weight is 476 g/mol. The predicted molar refractivity (Wildman–Crippen MR) is 117 cm³/mol. The van der Waals surface area contributed by atoms with Crippen molar-refractivity contribution in [3.05, 3.63) is 24.3 Å². The van der Waals surface area contributed by atoms with Crippen LogP contribution in [-0.4, -0.2) is 68.7 Å². The first-order valence-corrected chi connectivity index (χ1v) is 14.1. The van der Waals surface area contributed by atoms with Gasteiger partial charge in [0.05, 0.1) is 15.7 Å². The Hall–Kier alpha value is -1.14. The maximum atomic E-state index is 13.1. The van der Waals surface area contributed by atoms with Gasteiger partial charge >= 0.3 is 0 Å². The van der Waals surface area contributed by atoms with Crippen molar-refractivity contribution in [2.75, 3.05) is 31.3 Å². The van der Waals surface area contributed by atoms with Gasteiger partial charge < -0.3 is 5.32 Å². The first kappa shape index (κ1) is 23.5. The Balaban J connectivity index is 1.78. The molecule has 168 valence electrons. The van der Waals surface area contributed by atoms with Crippen molar-refractivity contribution >= 4 is 37.7 Å². The quantitative estimate of drug-likeness (QED) is 0.644. The molecule has 30 heavy (non-hydrogen) atoms. The van der Waals surface area contributed by atoms with Crippen molar-refractivity contribution in [2.24, 2.45) is 5.92 Å². The van der Waals surface area contributed by atoms with E-state index in [-0.39, 0.29) is 27.5 Å². The molecule has 1 aromatic carbocycles. The predicted octanol–water partition coefficient (Wildman–Crippen LogP) is 1.70. The van der Waals surface area contributed by atoms with Crippen molar-refractivity contribution in [3.8, 4) is 0 Å². The van der Waals surface area contributed by atoms with Crippen molar-refractivity contribution in [2.45, 2.75) is 48.9 Å². The Morgan fingerprint density at radius 1 is 1.03 bits per heavy atom. The zero-order valence-corrected chi connectivity index (χ0v) is 19.7. The molecule has 0 aromatic heterocycles. The zero-order chi connectivity index (χ0) is 21.9. The molecule has 0 aliphatic carbocycles. The number of sulfonamides is 2. The highest BCUT2D eigenvalue weighted by Crippen LogP contribution is 2.29. The summed E-state index contributed by atoms with van der Waals surface area (Å²) in [4.78, 5) is 12.6. The maximum Gasteiger partial charge on any atom is 0.244 e. The molecule has 1 atom stereocenters. The highest BCUT2D eigenvalue weighted by atomic mass is 32.2. The number of carbonyl (C=O) groups is 1. The molecule has 2 aliphatic rings. The first-order chi connectivity index (χ1) is 14.1. The van der Waals surface area contributed by atoms with Crippen LogP contribution in [0.25, 0.3) is 0 Å². The van der Waals surface area contributed by atoms with Crippen LogP contribution in [0.5, 0.6) is 0 Å². The van der Waals surface area contributed by atoms with E-state index < -0.39 is 26.1 Å². The highest BCUT2D eigenvalue weighted by molar-refractivity contribution is 8.00. The molecule has 1 unspecified atom stereocenters. The van der Waals surface area contributed by atoms with Gasteiger partial charge in [0.25, 0.3) is 0 Å². The Morgan fingerprint density at radius 3 is 2.17 bits per heavy atom. The number of hydrogen-bond acceptors (Lipinski definition) is 6. The van der Waals surface area contributed by atoms with Gasteiger partial charge in [-0.25, -0.2) is 16.8 Å². The monoisotopic (exact) mass is 475 g/mol. The van der Waals surface area contributed by atoms with Gasteiger partial charge in [-0.15, -0.1) is 11.8 Å².